The quantitative estimate of drug-likeness (QED) is 0.718. The van der Waals surface area contributed by atoms with Crippen molar-refractivity contribution in [1.29, 1.82) is 0 Å². The third-order valence-electron chi connectivity index (χ3n) is 1.77. The van der Waals surface area contributed by atoms with Gasteiger partial charge in [-0.3, -0.25) is 0 Å². The Morgan fingerprint density at radius 2 is 1.85 bits per heavy atom. The van der Waals surface area contributed by atoms with Crippen molar-refractivity contribution in [3.63, 3.8) is 0 Å². The molecule has 0 unspecified atom stereocenters. The molecular weight excluding hydrogens is 186 g/mol. The van der Waals surface area contributed by atoms with Crippen LogP contribution >= 0.6 is 0 Å². The minimum Gasteiger partial charge on any atom is -0.207 e. The molecule has 1 aromatic rings. The van der Waals surface area contributed by atoms with Crippen molar-refractivity contribution in [1.82, 2.24) is 4.31 Å². The average Bonchev–Trinajstić information content (AvgIpc) is 2.04. The van der Waals surface area contributed by atoms with E-state index in [1.54, 1.807) is 18.2 Å². The van der Waals surface area contributed by atoms with Crippen molar-refractivity contribution < 1.29 is 8.42 Å². The van der Waals surface area contributed by atoms with Crippen LogP contribution in [0.25, 0.3) is 0 Å². The number of aryl methyl sites for hydroxylation is 1. The standard InChI is InChI=1S/C9H13NO2S/c1-8-5-4-6-9(7-8)13(11,12)10(2)3/h4-7H,1-3H3. The Balaban J connectivity index is 3.24. The SMILES string of the molecule is Cc1cccc(S(=O)(=O)N(C)C)c1. The summed E-state index contributed by atoms with van der Waals surface area (Å²) in [7, 11) is -0.215. The summed E-state index contributed by atoms with van der Waals surface area (Å²) in [6.07, 6.45) is 0. The number of sulfonamides is 1. The lowest BCUT2D eigenvalue weighted by molar-refractivity contribution is 0.520. The Morgan fingerprint density at radius 1 is 1.23 bits per heavy atom. The largest absolute Gasteiger partial charge is 0.242 e. The zero-order chi connectivity index (χ0) is 10.1. The van der Waals surface area contributed by atoms with Crippen molar-refractivity contribution in [3.8, 4) is 0 Å². The molecular formula is C9H13NO2S. The van der Waals surface area contributed by atoms with E-state index in [4.69, 9.17) is 0 Å². The third kappa shape index (κ3) is 2.08. The van der Waals surface area contributed by atoms with Crippen LogP contribution in [0.4, 0.5) is 0 Å². The first-order valence-corrected chi connectivity index (χ1v) is 5.38. The van der Waals surface area contributed by atoms with Crippen LogP contribution in [0.3, 0.4) is 0 Å². The number of hydrogen-bond donors (Lipinski definition) is 0. The molecule has 0 saturated heterocycles. The van der Waals surface area contributed by atoms with Gasteiger partial charge in [0.25, 0.3) is 0 Å². The molecule has 0 fully saturated rings. The van der Waals surface area contributed by atoms with Crippen molar-refractivity contribution >= 4 is 10.0 Å². The predicted molar refractivity (Wildman–Crippen MR) is 52.1 cm³/mol. The van der Waals surface area contributed by atoms with Crippen molar-refractivity contribution in [2.75, 3.05) is 14.1 Å². The first-order chi connectivity index (χ1) is 5.94. The van der Waals surface area contributed by atoms with Crippen LogP contribution in [0.15, 0.2) is 29.2 Å². The highest BCUT2D eigenvalue weighted by Crippen LogP contribution is 2.13. The van der Waals surface area contributed by atoms with Crippen LogP contribution in [0, 0.1) is 6.92 Å². The molecule has 0 radical (unpaired) electrons. The minimum absolute atomic E-state index is 0.345. The summed E-state index contributed by atoms with van der Waals surface area (Å²) in [6, 6.07) is 6.87. The fraction of sp³-hybridized carbons (Fsp3) is 0.333. The maximum Gasteiger partial charge on any atom is 0.242 e. The molecule has 13 heavy (non-hydrogen) atoms. The van der Waals surface area contributed by atoms with E-state index in [-0.39, 0.29) is 0 Å². The van der Waals surface area contributed by atoms with E-state index in [0.717, 1.165) is 5.56 Å². The molecule has 0 amide bonds. The summed E-state index contributed by atoms with van der Waals surface area (Å²) in [5.41, 5.74) is 0.947. The summed E-state index contributed by atoms with van der Waals surface area (Å²) in [4.78, 5) is 0.345. The van der Waals surface area contributed by atoms with Gasteiger partial charge < -0.3 is 0 Å². The molecule has 0 aliphatic carbocycles. The minimum atomic E-state index is -3.27. The summed E-state index contributed by atoms with van der Waals surface area (Å²) < 4.78 is 24.4. The van der Waals surface area contributed by atoms with Crippen molar-refractivity contribution in [2.45, 2.75) is 11.8 Å². The van der Waals surface area contributed by atoms with E-state index in [1.165, 1.54) is 18.4 Å². The second-order valence-corrected chi connectivity index (χ2v) is 5.26. The lowest BCUT2D eigenvalue weighted by Gasteiger charge is -2.11. The topological polar surface area (TPSA) is 37.4 Å². The average molecular weight is 199 g/mol. The number of nitrogens with zero attached hydrogens (tertiary/aromatic N) is 1. The molecule has 0 bridgehead atoms. The van der Waals surface area contributed by atoms with Gasteiger partial charge in [0, 0.05) is 14.1 Å². The first kappa shape index (κ1) is 10.2. The molecule has 0 aliphatic rings. The van der Waals surface area contributed by atoms with Gasteiger partial charge in [-0.15, -0.1) is 0 Å². The normalized spacial score (nSPS) is 12.0. The summed E-state index contributed by atoms with van der Waals surface area (Å²) in [6.45, 7) is 1.87. The monoisotopic (exact) mass is 199 g/mol. The Labute approximate surface area is 79.0 Å². The van der Waals surface area contributed by atoms with Gasteiger partial charge in [0.15, 0.2) is 0 Å². The molecule has 3 nitrogen and oxygen atoms in total. The Bertz CT molecular complexity index is 396. The van der Waals surface area contributed by atoms with E-state index in [2.05, 4.69) is 0 Å². The van der Waals surface area contributed by atoms with Crippen molar-refractivity contribution in [2.24, 2.45) is 0 Å². The zero-order valence-electron chi connectivity index (χ0n) is 7.98. The molecule has 0 spiro atoms. The number of hydrogen-bond acceptors (Lipinski definition) is 2. The second kappa shape index (κ2) is 3.47. The molecule has 1 aromatic carbocycles. The molecule has 72 valence electrons. The smallest absolute Gasteiger partial charge is 0.207 e. The summed E-state index contributed by atoms with van der Waals surface area (Å²) >= 11 is 0. The molecule has 4 heteroatoms. The number of rotatable bonds is 2. The maximum atomic E-state index is 11.6. The third-order valence-corrected chi connectivity index (χ3v) is 3.58. The maximum absolute atomic E-state index is 11.6. The van der Waals surface area contributed by atoms with Gasteiger partial charge >= 0.3 is 0 Å². The van der Waals surface area contributed by atoms with Gasteiger partial charge in [-0.25, -0.2) is 12.7 Å². The van der Waals surface area contributed by atoms with Gasteiger partial charge in [-0.1, -0.05) is 12.1 Å². The predicted octanol–water partition coefficient (Wildman–Crippen LogP) is 1.25. The Morgan fingerprint density at radius 3 is 2.31 bits per heavy atom. The molecule has 0 aliphatic heterocycles. The van der Waals surface area contributed by atoms with Crippen LogP contribution in [0.1, 0.15) is 5.56 Å². The zero-order valence-corrected chi connectivity index (χ0v) is 8.80. The fourth-order valence-corrected chi connectivity index (χ4v) is 1.99. The lowest BCUT2D eigenvalue weighted by atomic mass is 10.2. The highest BCUT2D eigenvalue weighted by atomic mass is 32.2. The van der Waals surface area contributed by atoms with E-state index in [1.807, 2.05) is 13.0 Å². The van der Waals surface area contributed by atoms with E-state index >= 15 is 0 Å². The Kier molecular flexibility index (Phi) is 2.73. The van der Waals surface area contributed by atoms with Crippen LogP contribution in [-0.4, -0.2) is 26.8 Å². The Hall–Kier alpha value is -0.870. The van der Waals surface area contributed by atoms with E-state index in [9.17, 15) is 8.42 Å². The molecule has 0 aromatic heterocycles. The van der Waals surface area contributed by atoms with Crippen LogP contribution in [0.2, 0.25) is 0 Å². The summed E-state index contributed by atoms with van der Waals surface area (Å²) in [5.74, 6) is 0. The van der Waals surface area contributed by atoms with E-state index < -0.39 is 10.0 Å². The fourth-order valence-electron chi connectivity index (χ4n) is 0.987. The van der Waals surface area contributed by atoms with Crippen LogP contribution < -0.4 is 0 Å². The molecule has 0 N–H and O–H groups in total. The van der Waals surface area contributed by atoms with Crippen LogP contribution in [0.5, 0.6) is 0 Å². The van der Waals surface area contributed by atoms with Gasteiger partial charge in [0.2, 0.25) is 10.0 Å². The highest BCUT2D eigenvalue weighted by Gasteiger charge is 2.16. The van der Waals surface area contributed by atoms with Crippen molar-refractivity contribution in [3.05, 3.63) is 29.8 Å². The summed E-state index contributed by atoms with van der Waals surface area (Å²) in [5, 5.41) is 0. The van der Waals surface area contributed by atoms with Gasteiger partial charge in [-0.2, -0.15) is 0 Å². The van der Waals surface area contributed by atoms with Gasteiger partial charge in [0.05, 0.1) is 4.90 Å². The second-order valence-electron chi connectivity index (χ2n) is 3.10. The first-order valence-electron chi connectivity index (χ1n) is 3.94. The number of benzene rings is 1. The highest BCUT2D eigenvalue weighted by molar-refractivity contribution is 7.89. The molecule has 0 saturated carbocycles. The van der Waals surface area contributed by atoms with Crippen LogP contribution in [-0.2, 0) is 10.0 Å². The lowest BCUT2D eigenvalue weighted by Crippen LogP contribution is -2.22. The molecule has 0 atom stereocenters. The van der Waals surface area contributed by atoms with E-state index in [0.29, 0.717) is 4.90 Å². The molecule has 1 rings (SSSR count). The molecule has 0 heterocycles. The van der Waals surface area contributed by atoms with Gasteiger partial charge in [-0.05, 0) is 24.6 Å². The van der Waals surface area contributed by atoms with Gasteiger partial charge in [0.1, 0.15) is 0 Å².